The van der Waals surface area contributed by atoms with Crippen molar-refractivity contribution in [1.29, 1.82) is 0 Å². The molecule has 1 atom stereocenters. The summed E-state index contributed by atoms with van der Waals surface area (Å²) in [6.45, 7) is 3.90. The summed E-state index contributed by atoms with van der Waals surface area (Å²) in [6.07, 6.45) is 1.45. The fourth-order valence-corrected chi connectivity index (χ4v) is 2.57. The molecule has 0 bridgehead atoms. The third kappa shape index (κ3) is 4.72. The number of benzene rings is 1. The van der Waals surface area contributed by atoms with E-state index in [4.69, 9.17) is 11.6 Å². The number of aromatic amines is 1. The van der Waals surface area contributed by atoms with Gasteiger partial charge in [0, 0.05) is 11.8 Å². The van der Waals surface area contributed by atoms with Crippen LogP contribution in [0.5, 0.6) is 0 Å². The number of aliphatic hydroxyl groups is 1. The Morgan fingerprint density at radius 1 is 1.26 bits per heavy atom. The Balaban J connectivity index is 1.78. The molecule has 2 aromatic heterocycles. The van der Waals surface area contributed by atoms with Crippen LogP contribution in [0.25, 0.3) is 0 Å². The van der Waals surface area contributed by atoms with Crippen molar-refractivity contribution in [3.8, 4) is 0 Å². The minimum absolute atomic E-state index is 0.211. The first-order valence-electron chi connectivity index (χ1n) is 8.44. The van der Waals surface area contributed by atoms with Gasteiger partial charge in [-0.25, -0.2) is 9.37 Å². The largest absolute Gasteiger partial charge is 0.394 e. The average molecular weight is 391 g/mol. The van der Waals surface area contributed by atoms with Gasteiger partial charge < -0.3 is 15.7 Å². The van der Waals surface area contributed by atoms with Gasteiger partial charge in [0.15, 0.2) is 11.6 Å². The van der Waals surface area contributed by atoms with E-state index in [1.54, 1.807) is 12.1 Å². The Morgan fingerprint density at radius 2 is 2.00 bits per heavy atom. The van der Waals surface area contributed by atoms with Gasteiger partial charge in [0.2, 0.25) is 5.95 Å². The lowest BCUT2D eigenvalue weighted by Gasteiger charge is -2.17. The van der Waals surface area contributed by atoms with E-state index in [0.29, 0.717) is 28.1 Å². The lowest BCUT2D eigenvalue weighted by Crippen LogP contribution is -2.17. The van der Waals surface area contributed by atoms with E-state index in [-0.39, 0.29) is 18.4 Å². The van der Waals surface area contributed by atoms with Crippen molar-refractivity contribution in [2.45, 2.75) is 25.8 Å². The van der Waals surface area contributed by atoms with Crippen LogP contribution in [0.4, 0.5) is 22.0 Å². The molecule has 0 aliphatic heterocycles. The topological polar surface area (TPSA) is 98.8 Å². The number of hydrogen-bond donors (Lipinski definition) is 4. The SMILES string of the molecule is CC(C)c1cc(Nc2nc(N[C@H](CO)c3ccc(F)cc3)ncc2Cl)n[nH]1. The quantitative estimate of drug-likeness (QED) is 0.486. The molecule has 0 saturated carbocycles. The molecule has 9 heteroatoms. The molecule has 0 amide bonds. The number of nitrogens with zero attached hydrogens (tertiary/aromatic N) is 3. The van der Waals surface area contributed by atoms with Crippen LogP contribution in [0.3, 0.4) is 0 Å². The number of halogens is 2. The molecule has 4 N–H and O–H groups in total. The first kappa shape index (κ1) is 19.1. The average Bonchev–Trinajstić information content (AvgIpc) is 3.12. The van der Waals surface area contributed by atoms with Crippen LogP contribution in [0.2, 0.25) is 5.02 Å². The molecular weight excluding hydrogens is 371 g/mol. The summed E-state index contributed by atoms with van der Waals surface area (Å²) in [4.78, 5) is 8.49. The normalized spacial score (nSPS) is 12.2. The van der Waals surface area contributed by atoms with Gasteiger partial charge in [-0.05, 0) is 23.6 Å². The molecule has 0 aliphatic carbocycles. The van der Waals surface area contributed by atoms with Gasteiger partial charge >= 0.3 is 0 Å². The second-order valence-electron chi connectivity index (χ2n) is 6.31. The number of rotatable bonds is 7. The van der Waals surface area contributed by atoms with Gasteiger partial charge in [-0.1, -0.05) is 37.6 Å². The maximum Gasteiger partial charge on any atom is 0.225 e. The van der Waals surface area contributed by atoms with Crippen molar-refractivity contribution in [1.82, 2.24) is 20.2 Å². The summed E-state index contributed by atoms with van der Waals surface area (Å²) in [6, 6.07) is 7.24. The number of H-pyrrole nitrogens is 1. The molecule has 0 aliphatic rings. The Labute approximate surface area is 161 Å². The first-order chi connectivity index (χ1) is 13.0. The summed E-state index contributed by atoms with van der Waals surface area (Å²) < 4.78 is 13.1. The number of nitrogens with one attached hydrogen (secondary N) is 3. The van der Waals surface area contributed by atoms with Gasteiger partial charge in [0.25, 0.3) is 0 Å². The molecule has 0 saturated heterocycles. The van der Waals surface area contributed by atoms with Crippen molar-refractivity contribution < 1.29 is 9.50 Å². The summed E-state index contributed by atoms with van der Waals surface area (Å²) >= 11 is 6.18. The second-order valence-corrected chi connectivity index (χ2v) is 6.72. The molecule has 0 spiro atoms. The van der Waals surface area contributed by atoms with Crippen molar-refractivity contribution in [2.75, 3.05) is 17.2 Å². The van der Waals surface area contributed by atoms with Crippen molar-refractivity contribution in [2.24, 2.45) is 0 Å². The lowest BCUT2D eigenvalue weighted by molar-refractivity contribution is 0.276. The van der Waals surface area contributed by atoms with E-state index in [0.717, 1.165) is 5.69 Å². The van der Waals surface area contributed by atoms with Crippen LogP contribution in [-0.4, -0.2) is 31.9 Å². The van der Waals surface area contributed by atoms with Crippen LogP contribution in [0.1, 0.15) is 37.1 Å². The zero-order valence-electron chi connectivity index (χ0n) is 14.9. The molecule has 27 heavy (non-hydrogen) atoms. The third-order valence-electron chi connectivity index (χ3n) is 3.97. The van der Waals surface area contributed by atoms with Gasteiger partial charge in [-0.15, -0.1) is 0 Å². The molecule has 0 fully saturated rings. The van der Waals surface area contributed by atoms with Gasteiger partial charge in [0.05, 0.1) is 18.8 Å². The zero-order valence-corrected chi connectivity index (χ0v) is 15.6. The van der Waals surface area contributed by atoms with Crippen LogP contribution in [0, 0.1) is 5.82 Å². The van der Waals surface area contributed by atoms with E-state index < -0.39 is 6.04 Å². The number of aromatic nitrogens is 4. The molecule has 3 rings (SSSR count). The van der Waals surface area contributed by atoms with Crippen LogP contribution in [0.15, 0.2) is 36.5 Å². The molecule has 7 nitrogen and oxygen atoms in total. The zero-order chi connectivity index (χ0) is 19.4. The van der Waals surface area contributed by atoms with E-state index in [1.807, 2.05) is 6.07 Å². The summed E-state index contributed by atoms with van der Waals surface area (Å²) in [5, 5.41) is 23.2. The third-order valence-corrected chi connectivity index (χ3v) is 4.25. The molecule has 3 aromatic rings. The number of aliphatic hydroxyl groups excluding tert-OH is 1. The summed E-state index contributed by atoms with van der Waals surface area (Å²) in [5.74, 6) is 1.20. The maximum atomic E-state index is 13.1. The Hall–Kier alpha value is -2.71. The fraction of sp³-hybridized carbons (Fsp3) is 0.278. The highest BCUT2D eigenvalue weighted by Crippen LogP contribution is 2.26. The molecule has 0 radical (unpaired) electrons. The van der Waals surface area contributed by atoms with Gasteiger partial charge in [-0.3, -0.25) is 5.10 Å². The second kappa shape index (κ2) is 8.32. The highest BCUT2D eigenvalue weighted by molar-refractivity contribution is 6.32. The smallest absolute Gasteiger partial charge is 0.225 e. The molecular formula is C18H20ClFN6O. The predicted molar refractivity (Wildman–Crippen MR) is 103 cm³/mol. The summed E-state index contributed by atoms with van der Waals surface area (Å²) in [7, 11) is 0. The minimum Gasteiger partial charge on any atom is -0.394 e. The standard InChI is InChI=1S/C18H20ClFN6O/c1-10(2)14-7-16(26-25-14)23-17-13(19)8-21-18(24-17)22-15(9-27)11-3-5-12(20)6-4-11/h3-8,10,15,27H,9H2,1-2H3,(H3,21,22,23,24,25,26)/t15-/m1/s1. The van der Waals surface area contributed by atoms with E-state index in [2.05, 4.69) is 44.6 Å². The molecule has 2 heterocycles. The van der Waals surface area contributed by atoms with E-state index in [9.17, 15) is 9.50 Å². The van der Waals surface area contributed by atoms with Gasteiger partial charge in [-0.2, -0.15) is 10.1 Å². The van der Waals surface area contributed by atoms with Crippen LogP contribution in [-0.2, 0) is 0 Å². The number of anilines is 3. The first-order valence-corrected chi connectivity index (χ1v) is 8.81. The van der Waals surface area contributed by atoms with Crippen LogP contribution < -0.4 is 10.6 Å². The molecule has 1 aromatic carbocycles. The highest BCUT2D eigenvalue weighted by Gasteiger charge is 2.14. The lowest BCUT2D eigenvalue weighted by atomic mass is 10.1. The maximum absolute atomic E-state index is 13.1. The van der Waals surface area contributed by atoms with Crippen molar-refractivity contribution >= 4 is 29.2 Å². The highest BCUT2D eigenvalue weighted by atomic mass is 35.5. The van der Waals surface area contributed by atoms with Gasteiger partial charge in [0.1, 0.15) is 10.8 Å². The Morgan fingerprint density at radius 3 is 2.63 bits per heavy atom. The number of hydrogen-bond acceptors (Lipinski definition) is 6. The minimum atomic E-state index is -0.488. The molecule has 142 valence electrons. The predicted octanol–water partition coefficient (Wildman–Crippen LogP) is 4.00. The Kier molecular flexibility index (Phi) is 5.88. The van der Waals surface area contributed by atoms with Crippen molar-refractivity contribution in [3.63, 3.8) is 0 Å². The van der Waals surface area contributed by atoms with Crippen LogP contribution >= 0.6 is 11.6 Å². The molecule has 0 unspecified atom stereocenters. The van der Waals surface area contributed by atoms with E-state index in [1.165, 1.54) is 18.3 Å². The monoisotopic (exact) mass is 390 g/mol. The van der Waals surface area contributed by atoms with E-state index >= 15 is 0 Å². The van der Waals surface area contributed by atoms with Crippen molar-refractivity contribution in [3.05, 3.63) is 58.6 Å². The fourth-order valence-electron chi connectivity index (χ4n) is 2.43. The Bertz CT molecular complexity index is 899. The summed E-state index contributed by atoms with van der Waals surface area (Å²) in [5.41, 5.74) is 1.69.